The minimum atomic E-state index is 0.753. The summed E-state index contributed by atoms with van der Waals surface area (Å²) in [6.45, 7) is 5.88. The molecule has 0 atom stereocenters. The average molecular weight is 335 g/mol. The van der Waals surface area contributed by atoms with Gasteiger partial charge >= 0.3 is 0 Å². The molecule has 2 aromatic carbocycles. The number of aryl methyl sites for hydroxylation is 1. The first-order valence-electron chi connectivity index (χ1n) is 8.45. The molecule has 1 aliphatic heterocycles. The van der Waals surface area contributed by atoms with E-state index >= 15 is 0 Å². The first-order valence-corrected chi connectivity index (χ1v) is 9.33. The Bertz CT molecular complexity index is 923. The number of hydrogen-bond donors (Lipinski definition) is 1. The molecule has 24 heavy (non-hydrogen) atoms. The van der Waals surface area contributed by atoms with Crippen LogP contribution < -0.4 is 10.1 Å². The zero-order valence-electron chi connectivity index (χ0n) is 14.1. The fourth-order valence-electron chi connectivity index (χ4n) is 3.21. The van der Waals surface area contributed by atoms with Crippen molar-refractivity contribution in [3.63, 3.8) is 0 Å². The van der Waals surface area contributed by atoms with Crippen molar-refractivity contribution in [3.8, 4) is 5.75 Å². The van der Waals surface area contributed by atoms with Crippen molar-refractivity contribution >= 4 is 38.8 Å². The second kappa shape index (κ2) is 6.33. The lowest BCUT2D eigenvalue weighted by molar-refractivity contribution is 0.319. The normalized spacial score (nSPS) is 13.3. The van der Waals surface area contributed by atoms with Crippen molar-refractivity contribution in [2.45, 2.75) is 20.3 Å². The summed E-state index contributed by atoms with van der Waals surface area (Å²) in [6.07, 6.45) is 3.35. The lowest BCUT2D eigenvalue weighted by Gasteiger charge is -2.23. The maximum absolute atomic E-state index is 5.92. The number of anilines is 1. The number of hydrogen-bond acceptors (Lipinski definition) is 3. The molecule has 1 N–H and O–H groups in total. The van der Waals surface area contributed by atoms with Crippen LogP contribution in [-0.2, 0) is 0 Å². The molecule has 0 saturated carbocycles. The third-order valence-electron chi connectivity index (χ3n) is 4.49. The van der Waals surface area contributed by atoms with Gasteiger partial charge in [-0.05, 0) is 53.6 Å². The molecule has 0 bridgehead atoms. The van der Waals surface area contributed by atoms with Gasteiger partial charge in [0.15, 0.2) is 0 Å². The highest BCUT2D eigenvalue weighted by molar-refractivity contribution is 7.17. The van der Waals surface area contributed by atoms with Gasteiger partial charge in [-0.3, -0.25) is 0 Å². The van der Waals surface area contributed by atoms with Gasteiger partial charge in [0, 0.05) is 22.2 Å². The number of nitrogens with one attached hydrogen (secondary N) is 1. The van der Waals surface area contributed by atoms with Crippen molar-refractivity contribution in [2.75, 3.05) is 18.5 Å². The number of ether oxygens (including phenoxy) is 1. The van der Waals surface area contributed by atoms with Crippen LogP contribution in [0.1, 0.15) is 30.0 Å². The molecule has 3 heteroatoms. The topological polar surface area (TPSA) is 21.3 Å². The highest BCUT2D eigenvalue weighted by Crippen LogP contribution is 2.40. The summed E-state index contributed by atoms with van der Waals surface area (Å²) >= 11 is 1.81. The van der Waals surface area contributed by atoms with Gasteiger partial charge < -0.3 is 10.1 Å². The smallest absolute Gasteiger partial charge is 0.143 e. The predicted octanol–water partition coefficient (Wildman–Crippen LogP) is 5.96. The highest BCUT2D eigenvalue weighted by atomic mass is 32.1. The molecule has 0 unspecified atom stereocenters. The number of rotatable bonds is 4. The summed E-state index contributed by atoms with van der Waals surface area (Å²) in [7, 11) is 0. The molecular formula is C21H21NOS. The third-order valence-corrected chi connectivity index (χ3v) is 5.45. The molecule has 1 aromatic heterocycles. The van der Waals surface area contributed by atoms with Crippen molar-refractivity contribution in [3.05, 3.63) is 58.5 Å². The van der Waals surface area contributed by atoms with Gasteiger partial charge in [0.1, 0.15) is 5.75 Å². The van der Waals surface area contributed by atoms with Gasteiger partial charge in [0.05, 0.1) is 12.3 Å². The standard InChI is InChI=1S/C21H21NOS/c1-3-10-23-19-9-8-14(2)17-11-15(12-22-21(17)19)18-13-24-20-7-5-4-6-16(18)20/h4-9,11,13,22H,3,10,12H2,1-2H3. The summed E-state index contributed by atoms with van der Waals surface area (Å²) in [5.41, 5.74) is 6.34. The van der Waals surface area contributed by atoms with E-state index < -0.39 is 0 Å². The molecule has 1 aliphatic rings. The zero-order chi connectivity index (χ0) is 16.5. The Morgan fingerprint density at radius 3 is 2.92 bits per heavy atom. The van der Waals surface area contributed by atoms with E-state index in [1.807, 2.05) is 11.3 Å². The maximum Gasteiger partial charge on any atom is 0.143 e. The van der Waals surface area contributed by atoms with Gasteiger partial charge in [-0.15, -0.1) is 11.3 Å². The van der Waals surface area contributed by atoms with Crippen molar-refractivity contribution in [1.82, 2.24) is 0 Å². The Kier molecular flexibility index (Phi) is 4.03. The molecule has 0 spiro atoms. The fourth-order valence-corrected chi connectivity index (χ4v) is 4.20. The second-order valence-electron chi connectivity index (χ2n) is 6.19. The van der Waals surface area contributed by atoms with Crippen LogP contribution in [0.2, 0.25) is 0 Å². The monoisotopic (exact) mass is 335 g/mol. The SMILES string of the molecule is CCCOc1ccc(C)c2c1NCC(c1csc3ccccc13)=C2. The minimum absolute atomic E-state index is 0.753. The summed E-state index contributed by atoms with van der Waals surface area (Å²) in [5, 5.41) is 7.21. The summed E-state index contributed by atoms with van der Waals surface area (Å²) < 4.78 is 7.26. The molecule has 4 rings (SSSR count). The Labute approximate surface area is 146 Å². The Morgan fingerprint density at radius 1 is 1.17 bits per heavy atom. The zero-order valence-corrected chi connectivity index (χ0v) is 14.9. The van der Waals surface area contributed by atoms with Crippen LogP contribution >= 0.6 is 11.3 Å². The fraction of sp³-hybridized carbons (Fsp3) is 0.238. The molecule has 2 heterocycles. The number of thiophene rings is 1. The van der Waals surface area contributed by atoms with Crippen LogP contribution in [0.25, 0.3) is 21.7 Å². The van der Waals surface area contributed by atoms with E-state index in [2.05, 4.69) is 67.0 Å². The van der Waals surface area contributed by atoms with Gasteiger partial charge in [0.25, 0.3) is 0 Å². The van der Waals surface area contributed by atoms with Crippen LogP contribution in [0.4, 0.5) is 5.69 Å². The quantitative estimate of drug-likeness (QED) is 0.634. The Morgan fingerprint density at radius 2 is 2.04 bits per heavy atom. The predicted molar refractivity (Wildman–Crippen MR) is 105 cm³/mol. The molecule has 0 radical (unpaired) electrons. The van der Waals surface area contributed by atoms with Crippen LogP contribution in [0, 0.1) is 6.92 Å². The third kappa shape index (κ3) is 2.59. The van der Waals surface area contributed by atoms with Crippen LogP contribution in [-0.4, -0.2) is 13.2 Å². The lowest BCUT2D eigenvalue weighted by atomic mass is 9.95. The Balaban J connectivity index is 1.79. The summed E-state index contributed by atoms with van der Waals surface area (Å²) in [5.74, 6) is 0.961. The maximum atomic E-state index is 5.92. The molecular weight excluding hydrogens is 314 g/mol. The molecule has 2 nitrogen and oxygen atoms in total. The van der Waals surface area contributed by atoms with Crippen molar-refractivity contribution in [1.29, 1.82) is 0 Å². The van der Waals surface area contributed by atoms with Crippen molar-refractivity contribution in [2.24, 2.45) is 0 Å². The van der Waals surface area contributed by atoms with Gasteiger partial charge in [-0.25, -0.2) is 0 Å². The van der Waals surface area contributed by atoms with Gasteiger partial charge in [-0.2, -0.15) is 0 Å². The van der Waals surface area contributed by atoms with Gasteiger partial charge in [-0.1, -0.05) is 31.2 Å². The number of benzene rings is 2. The molecule has 3 aromatic rings. The molecule has 0 saturated heterocycles. The summed E-state index contributed by atoms with van der Waals surface area (Å²) in [6, 6.07) is 12.9. The summed E-state index contributed by atoms with van der Waals surface area (Å²) in [4.78, 5) is 0. The first-order chi connectivity index (χ1) is 11.8. The van der Waals surface area contributed by atoms with Crippen LogP contribution in [0.3, 0.4) is 0 Å². The molecule has 0 fully saturated rings. The van der Waals surface area contributed by atoms with E-state index in [1.165, 1.54) is 32.3 Å². The van der Waals surface area contributed by atoms with E-state index in [0.29, 0.717) is 0 Å². The largest absolute Gasteiger partial charge is 0.491 e. The lowest BCUT2D eigenvalue weighted by Crippen LogP contribution is -2.12. The second-order valence-corrected chi connectivity index (χ2v) is 7.10. The van der Waals surface area contributed by atoms with Crippen LogP contribution in [0.15, 0.2) is 41.8 Å². The highest BCUT2D eigenvalue weighted by Gasteiger charge is 2.18. The molecule has 122 valence electrons. The first kappa shape index (κ1) is 15.3. The molecule has 0 aliphatic carbocycles. The van der Waals surface area contributed by atoms with E-state index in [0.717, 1.165) is 31.0 Å². The average Bonchev–Trinajstić information content (AvgIpc) is 3.05. The number of fused-ring (bicyclic) bond motifs is 2. The van der Waals surface area contributed by atoms with Crippen LogP contribution in [0.5, 0.6) is 5.75 Å². The van der Waals surface area contributed by atoms with Crippen molar-refractivity contribution < 1.29 is 4.74 Å². The molecule has 0 amide bonds. The van der Waals surface area contributed by atoms with E-state index in [-0.39, 0.29) is 0 Å². The van der Waals surface area contributed by atoms with Gasteiger partial charge in [0.2, 0.25) is 0 Å². The van der Waals surface area contributed by atoms with E-state index in [9.17, 15) is 0 Å². The minimum Gasteiger partial charge on any atom is -0.491 e. The Hall–Kier alpha value is -2.26. The van der Waals surface area contributed by atoms with E-state index in [4.69, 9.17) is 4.74 Å². The van der Waals surface area contributed by atoms with E-state index in [1.54, 1.807) is 0 Å².